The Kier molecular flexibility index (Phi) is 2.63. The highest BCUT2D eigenvalue weighted by molar-refractivity contribution is 5.81. The Morgan fingerprint density at radius 1 is 1.16 bits per heavy atom. The SMILES string of the molecule is Cc1cc(C23CCC(C(N)=O)(CC2)CC3)ccc1O. The fraction of sp³-hybridized carbons (Fsp3) is 0.562. The van der Waals surface area contributed by atoms with E-state index in [1.807, 2.05) is 13.0 Å². The fourth-order valence-electron chi connectivity index (χ4n) is 3.97. The summed E-state index contributed by atoms with van der Waals surface area (Å²) in [7, 11) is 0. The molecule has 0 heterocycles. The van der Waals surface area contributed by atoms with Crippen LogP contribution in [0.25, 0.3) is 0 Å². The second kappa shape index (κ2) is 3.99. The first kappa shape index (κ1) is 12.5. The lowest BCUT2D eigenvalue weighted by atomic mass is 9.51. The van der Waals surface area contributed by atoms with Gasteiger partial charge in [-0.2, -0.15) is 0 Å². The number of nitrogens with two attached hydrogens (primary N) is 1. The number of hydrogen-bond acceptors (Lipinski definition) is 2. The molecule has 3 aliphatic rings. The Hall–Kier alpha value is -1.51. The van der Waals surface area contributed by atoms with Gasteiger partial charge in [-0.1, -0.05) is 12.1 Å². The molecule has 3 nitrogen and oxygen atoms in total. The Morgan fingerprint density at radius 3 is 2.21 bits per heavy atom. The second-order valence-corrected chi connectivity index (χ2v) is 6.43. The van der Waals surface area contributed by atoms with Crippen LogP contribution in [0.4, 0.5) is 0 Å². The van der Waals surface area contributed by atoms with Gasteiger partial charge in [-0.15, -0.1) is 0 Å². The summed E-state index contributed by atoms with van der Waals surface area (Å²) in [5, 5.41) is 9.66. The maximum absolute atomic E-state index is 11.7. The van der Waals surface area contributed by atoms with Crippen molar-refractivity contribution < 1.29 is 9.90 Å². The molecule has 4 rings (SSSR count). The molecule has 3 fully saturated rings. The van der Waals surface area contributed by atoms with Crippen molar-refractivity contribution in [3.05, 3.63) is 29.3 Å². The normalized spacial score (nSPS) is 33.3. The minimum Gasteiger partial charge on any atom is -0.508 e. The molecule has 0 saturated heterocycles. The highest BCUT2D eigenvalue weighted by Gasteiger charge is 2.52. The van der Waals surface area contributed by atoms with E-state index < -0.39 is 0 Å². The summed E-state index contributed by atoms with van der Waals surface area (Å²) in [6.45, 7) is 1.94. The molecular weight excluding hydrogens is 238 g/mol. The summed E-state index contributed by atoms with van der Waals surface area (Å²) in [5.74, 6) is 0.251. The Morgan fingerprint density at radius 2 is 1.74 bits per heavy atom. The lowest BCUT2D eigenvalue weighted by Gasteiger charge is -2.52. The monoisotopic (exact) mass is 259 g/mol. The van der Waals surface area contributed by atoms with Gasteiger partial charge in [0, 0.05) is 5.41 Å². The zero-order valence-electron chi connectivity index (χ0n) is 11.4. The lowest BCUT2D eigenvalue weighted by molar-refractivity contribution is -0.134. The van der Waals surface area contributed by atoms with Crippen LogP contribution in [0.15, 0.2) is 18.2 Å². The summed E-state index contributed by atoms with van der Waals surface area (Å²) in [6, 6.07) is 5.95. The molecule has 19 heavy (non-hydrogen) atoms. The maximum atomic E-state index is 11.7. The van der Waals surface area contributed by atoms with E-state index in [1.165, 1.54) is 5.56 Å². The van der Waals surface area contributed by atoms with Gasteiger partial charge in [-0.3, -0.25) is 4.79 Å². The molecule has 0 aliphatic heterocycles. The smallest absolute Gasteiger partial charge is 0.223 e. The van der Waals surface area contributed by atoms with Crippen LogP contribution in [0.1, 0.15) is 49.7 Å². The molecule has 3 aliphatic carbocycles. The van der Waals surface area contributed by atoms with Crippen molar-refractivity contribution in [3.8, 4) is 5.75 Å². The molecule has 3 N–H and O–H groups in total. The summed E-state index contributed by atoms with van der Waals surface area (Å²) in [4.78, 5) is 11.7. The van der Waals surface area contributed by atoms with Gasteiger partial charge in [0.05, 0.1) is 0 Å². The third-order valence-electron chi connectivity index (χ3n) is 5.58. The van der Waals surface area contributed by atoms with Crippen molar-refractivity contribution in [1.29, 1.82) is 0 Å². The number of hydrogen-bond donors (Lipinski definition) is 2. The van der Waals surface area contributed by atoms with Crippen LogP contribution in [0.2, 0.25) is 0 Å². The van der Waals surface area contributed by atoms with Crippen molar-refractivity contribution >= 4 is 5.91 Å². The third kappa shape index (κ3) is 1.75. The quantitative estimate of drug-likeness (QED) is 0.857. The maximum Gasteiger partial charge on any atom is 0.223 e. The number of carbonyl (C=O) groups excluding carboxylic acids is 1. The van der Waals surface area contributed by atoms with Crippen LogP contribution in [0.5, 0.6) is 5.75 Å². The van der Waals surface area contributed by atoms with Gasteiger partial charge in [-0.25, -0.2) is 0 Å². The number of amides is 1. The van der Waals surface area contributed by atoms with Crippen molar-refractivity contribution in [2.24, 2.45) is 11.1 Å². The standard InChI is InChI=1S/C16H21NO2/c1-11-10-12(2-3-13(11)18)15-4-7-16(8-5-15,9-6-15)14(17)19/h2-3,10,18H,4-9H2,1H3,(H2,17,19). The molecule has 0 unspecified atom stereocenters. The van der Waals surface area contributed by atoms with Gasteiger partial charge in [0.1, 0.15) is 5.75 Å². The number of benzene rings is 1. The molecule has 3 heteroatoms. The van der Waals surface area contributed by atoms with Gasteiger partial charge in [-0.05, 0) is 68.1 Å². The van der Waals surface area contributed by atoms with E-state index in [9.17, 15) is 9.90 Å². The van der Waals surface area contributed by atoms with E-state index in [0.29, 0.717) is 5.75 Å². The largest absolute Gasteiger partial charge is 0.508 e. The van der Waals surface area contributed by atoms with Crippen molar-refractivity contribution in [2.45, 2.75) is 50.9 Å². The molecular formula is C16H21NO2. The van der Waals surface area contributed by atoms with Crippen LogP contribution in [-0.4, -0.2) is 11.0 Å². The number of primary amides is 1. The summed E-state index contributed by atoms with van der Waals surface area (Å²) >= 11 is 0. The first-order valence-corrected chi connectivity index (χ1v) is 7.08. The van der Waals surface area contributed by atoms with E-state index in [2.05, 4.69) is 6.07 Å². The third-order valence-corrected chi connectivity index (χ3v) is 5.58. The van der Waals surface area contributed by atoms with E-state index >= 15 is 0 Å². The second-order valence-electron chi connectivity index (χ2n) is 6.43. The molecule has 1 amide bonds. The van der Waals surface area contributed by atoms with Crippen LogP contribution in [0, 0.1) is 12.3 Å². The number of rotatable bonds is 2. The molecule has 0 atom stereocenters. The van der Waals surface area contributed by atoms with Crippen molar-refractivity contribution in [3.63, 3.8) is 0 Å². The van der Waals surface area contributed by atoms with Crippen LogP contribution >= 0.6 is 0 Å². The lowest BCUT2D eigenvalue weighted by Crippen LogP contribution is -2.50. The number of aryl methyl sites for hydroxylation is 1. The summed E-state index contributed by atoms with van der Waals surface area (Å²) < 4.78 is 0. The average Bonchev–Trinajstić information content (AvgIpc) is 2.43. The van der Waals surface area contributed by atoms with Crippen LogP contribution < -0.4 is 5.73 Å². The molecule has 0 spiro atoms. The molecule has 2 bridgehead atoms. The zero-order chi connectivity index (χ0) is 13.7. The van der Waals surface area contributed by atoms with Gasteiger partial charge < -0.3 is 10.8 Å². The Labute approximate surface area is 113 Å². The predicted molar refractivity (Wildman–Crippen MR) is 73.9 cm³/mol. The van der Waals surface area contributed by atoms with E-state index in [4.69, 9.17) is 5.73 Å². The van der Waals surface area contributed by atoms with Gasteiger partial charge >= 0.3 is 0 Å². The van der Waals surface area contributed by atoms with Gasteiger partial charge in [0.2, 0.25) is 5.91 Å². The molecule has 102 valence electrons. The average molecular weight is 259 g/mol. The number of phenolic OH excluding ortho intramolecular Hbond substituents is 1. The zero-order valence-corrected chi connectivity index (χ0v) is 11.4. The minimum atomic E-state index is -0.228. The van der Waals surface area contributed by atoms with Crippen molar-refractivity contribution in [2.75, 3.05) is 0 Å². The Balaban J connectivity index is 1.91. The Bertz CT molecular complexity index is 511. The van der Waals surface area contributed by atoms with E-state index in [1.54, 1.807) is 6.07 Å². The molecule has 0 radical (unpaired) electrons. The first-order chi connectivity index (χ1) is 8.97. The van der Waals surface area contributed by atoms with E-state index in [0.717, 1.165) is 44.1 Å². The predicted octanol–water partition coefficient (Wildman–Crippen LogP) is 2.78. The molecule has 3 saturated carbocycles. The van der Waals surface area contributed by atoms with Crippen LogP contribution in [0.3, 0.4) is 0 Å². The molecule has 1 aromatic carbocycles. The van der Waals surface area contributed by atoms with Crippen LogP contribution in [-0.2, 0) is 10.2 Å². The summed E-state index contributed by atoms with van der Waals surface area (Å²) in [6.07, 6.45) is 5.88. The number of aromatic hydroxyl groups is 1. The molecule has 1 aromatic rings. The first-order valence-electron chi connectivity index (χ1n) is 7.08. The van der Waals surface area contributed by atoms with Gasteiger partial charge in [0.25, 0.3) is 0 Å². The highest BCUT2D eigenvalue weighted by Crippen LogP contribution is 2.57. The van der Waals surface area contributed by atoms with Gasteiger partial charge in [0.15, 0.2) is 0 Å². The topological polar surface area (TPSA) is 63.3 Å². The fourth-order valence-corrected chi connectivity index (χ4v) is 3.97. The molecule has 0 aromatic heterocycles. The number of carbonyl (C=O) groups is 1. The van der Waals surface area contributed by atoms with Crippen molar-refractivity contribution in [1.82, 2.24) is 0 Å². The van der Waals surface area contributed by atoms with E-state index in [-0.39, 0.29) is 16.7 Å². The minimum absolute atomic E-state index is 0.109. The summed E-state index contributed by atoms with van der Waals surface area (Å²) in [5.41, 5.74) is 7.82. The number of phenols is 1. The number of fused-ring (bicyclic) bond motifs is 3. The highest BCUT2D eigenvalue weighted by atomic mass is 16.3.